The largest absolute Gasteiger partial charge is 0.507 e. The van der Waals surface area contributed by atoms with Crippen molar-refractivity contribution in [3.63, 3.8) is 0 Å². The molecule has 1 atom stereocenters. The maximum absolute atomic E-state index is 12.2. The molecular formula is C12H14BrNO4. The number of carbonyl (C=O) groups is 1. The molecule has 1 heterocycles. The zero-order valence-corrected chi connectivity index (χ0v) is 11.3. The summed E-state index contributed by atoms with van der Waals surface area (Å²) >= 11 is 3.31. The van der Waals surface area contributed by atoms with E-state index in [4.69, 9.17) is 4.74 Å². The summed E-state index contributed by atoms with van der Waals surface area (Å²) in [5.74, 6) is -0.788. The number of halogens is 1. The molecule has 1 unspecified atom stereocenters. The van der Waals surface area contributed by atoms with E-state index in [0.717, 1.165) is 0 Å². The Labute approximate surface area is 113 Å². The van der Waals surface area contributed by atoms with Gasteiger partial charge in [0.2, 0.25) is 0 Å². The lowest BCUT2D eigenvalue weighted by Gasteiger charge is -2.32. The third-order valence-corrected chi connectivity index (χ3v) is 3.55. The van der Waals surface area contributed by atoms with Crippen molar-refractivity contribution in [3.8, 4) is 11.5 Å². The van der Waals surface area contributed by atoms with Crippen LogP contribution in [0.25, 0.3) is 0 Å². The van der Waals surface area contributed by atoms with Gasteiger partial charge < -0.3 is 19.8 Å². The predicted molar refractivity (Wildman–Crippen MR) is 69.2 cm³/mol. The van der Waals surface area contributed by atoms with E-state index in [0.29, 0.717) is 25.0 Å². The van der Waals surface area contributed by atoms with Crippen molar-refractivity contribution in [1.29, 1.82) is 0 Å². The molecule has 1 aromatic rings. The predicted octanol–water partition coefficient (Wildman–Crippen LogP) is 1.33. The molecule has 2 N–H and O–H groups in total. The molecule has 5 nitrogen and oxygen atoms in total. The van der Waals surface area contributed by atoms with E-state index in [-0.39, 0.29) is 29.1 Å². The number of ether oxygens (including phenoxy) is 1. The van der Waals surface area contributed by atoms with Crippen molar-refractivity contribution < 1.29 is 19.7 Å². The first-order valence-corrected chi connectivity index (χ1v) is 6.73. The second-order valence-electron chi connectivity index (χ2n) is 4.07. The third-order valence-electron chi connectivity index (χ3n) is 2.83. The van der Waals surface area contributed by atoms with Crippen LogP contribution in [-0.4, -0.2) is 52.2 Å². The Morgan fingerprint density at radius 2 is 2.11 bits per heavy atom. The Balaban J connectivity index is 2.20. The molecule has 1 aliphatic rings. The Bertz CT molecular complexity index is 431. The molecule has 1 amide bonds. The van der Waals surface area contributed by atoms with Crippen molar-refractivity contribution >= 4 is 21.8 Å². The highest BCUT2D eigenvalue weighted by Gasteiger charge is 2.27. The fraction of sp³-hybridized carbons (Fsp3) is 0.417. The molecule has 1 fully saturated rings. The maximum Gasteiger partial charge on any atom is 0.261 e. The van der Waals surface area contributed by atoms with Crippen LogP contribution in [0.4, 0.5) is 0 Å². The summed E-state index contributed by atoms with van der Waals surface area (Å²) < 4.78 is 5.44. The Kier molecular flexibility index (Phi) is 4.08. The second kappa shape index (κ2) is 5.58. The molecule has 0 bridgehead atoms. The monoisotopic (exact) mass is 315 g/mol. The van der Waals surface area contributed by atoms with Gasteiger partial charge in [-0.15, -0.1) is 0 Å². The zero-order chi connectivity index (χ0) is 13.1. The molecule has 1 saturated heterocycles. The molecule has 0 spiro atoms. The molecule has 6 heteroatoms. The van der Waals surface area contributed by atoms with Gasteiger partial charge in [-0.25, -0.2) is 0 Å². The van der Waals surface area contributed by atoms with Gasteiger partial charge in [0, 0.05) is 18.4 Å². The van der Waals surface area contributed by atoms with Crippen molar-refractivity contribution in [2.45, 2.75) is 6.10 Å². The standard InChI is InChI=1S/C12H14BrNO4/c13-6-8-7-14(4-5-18-8)12(17)11-9(15)2-1-3-10(11)16/h1-3,8,15-16H,4-7H2. The molecule has 0 aromatic heterocycles. The molecule has 1 aliphatic heterocycles. The molecule has 0 saturated carbocycles. The van der Waals surface area contributed by atoms with Gasteiger partial charge in [0.25, 0.3) is 5.91 Å². The number of nitrogens with zero attached hydrogens (tertiary/aromatic N) is 1. The first-order chi connectivity index (χ1) is 8.63. The number of aromatic hydroxyl groups is 2. The molecule has 98 valence electrons. The summed E-state index contributed by atoms with van der Waals surface area (Å²) in [7, 11) is 0. The van der Waals surface area contributed by atoms with Crippen molar-refractivity contribution in [2.24, 2.45) is 0 Å². The number of phenolic OH excluding ortho intramolecular Hbond substituents is 2. The van der Waals surface area contributed by atoms with E-state index in [9.17, 15) is 15.0 Å². The highest BCUT2D eigenvalue weighted by atomic mass is 79.9. The highest BCUT2D eigenvalue weighted by molar-refractivity contribution is 9.09. The fourth-order valence-electron chi connectivity index (χ4n) is 1.90. The van der Waals surface area contributed by atoms with E-state index in [1.165, 1.54) is 18.2 Å². The topological polar surface area (TPSA) is 70.0 Å². The summed E-state index contributed by atoms with van der Waals surface area (Å²) in [5.41, 5.74) is -0.0484. The fourth-order valence-corrected chi connectivity index (χ4v) is 2.29. The quantitative estimate of drug-likeness (QED) is 0.808. The van der Waals surface area contributed by atoms with Crippen LogP contribution in [0.5, 0.6) is 11.5 Å². The number of hydrogen-bond donors (Lipinski definition) is 2. The third kappa shape index (κ3) is 2.59. The lowest BCUT2D eigenvalue weighted by atomic mass is 10.1. The van der Waals surface area contributed by atoms with Crippen molar-refractivity contribution in [1.82, 2.24) is 4.90 Å². The summed E-state index contributed by atoms with van der Waals surface area (Å²) in [6.45, 7) is 1.35. The lowest BCUT2D eigenvalue weighted by molar-refractivity contribution is -0.00986. The Hall–Kier alpha value is -1.27. The number of benzene rings is 1. The number of phenols is 2. The minimum absolute atomic E-state index is 0.0484. The van der Waals surface area contributed by atoms with Crippen LogP contribution in [0, 0.1) is 0 Å². The van der Waals surface area contributed by atoms with Gasteiger partial charge in [-0.1, -0.05) is 22.0 Å². The number of morpholine rings is 1. The summed E-state index contributed by atoms with van der Waals surface area (Å²) in [6, 6.07) is 4.26. The first-order valence-electron chi connectivity index (χ1n) is 5.61. The van der Waals surface area contributed by atoms with E-state index < -0.39 is 0 Å². The minimum atomic E-state index is -0.375. The van der Waals surface area contributed by atoms with Gasteiger partial charge in [-0.2, -0.15) is 0 Å². The number of carbonyl (C=O) groups excluding carboxylic acids is 1. The SMILES string of the molecule is O=C(c1c(O)cccc1O)N1CCOC(CBr)C1. The van der Waals surface area contributed by atoms with Crippen LogP contribution >= 0.6 is 15.9 Å². The van der Waals surface area contributed by atoms with Gasteiger partial charge in [0.15, 0.2) is 0 Å². The second-order valence-corrected chi connectivity index (χ2v) is 4.72. The minimum Gasteiger partial charge on any atom is -0.507 e. The highest BCUT2D eigenvalue weighted by Crippen LogP contribution is 2.28. The number of amides is 1. The van der Waals surface area contributed by atoms with Crippen LogP contribution < -0.4 is 0 Å². The van der Waals surface area contributed by atoms with Gasteiger partial charge in [0.05, 0.1) is 12.7 Å². The van der Waals surface area contributed by atoms with Crippen molar-refractivity contribution in [3.05, 3.63) is 23.8 Å². The van der Waals surface area contributed by atoms with Crippen LogP contribution in [0.1, 0.15) is 10.4 Å². The van der Waals surface area contributed by atoms with Gasteiger partial charge in [-0.3, -0.25) is 4.79 Å². The average molecular weight is 316 g/mol. The number of hydrogen-bond acceptors (Lipinski definition) is 4. The van der Waals surface area contributed by atoms with E-state index in [2.05, 4.69) is 15.9 Å². The average Bonchev–Trinajstić information content (AvgIpc) is 2.38. The van der Waals surface area contributed by atoms with Gasteiger partial charge >= 0.3 is 0 Å². The Morgan fingerprint density at radius 1 is 1.44 bits per heavy atom. The molecule has 18 heavy (non-hydrogen) atoms. The van der Waals surface area contributed by atoms with Crippen LogP contribution in [0.3, 0.4) is 0 Å². The molecule has 0 radical (unpaired) electrons. The van der Waals surface area contributed by atoms with Crippen LogP contribution in [0.2, 0.25) is 0 Å². The van der Waals surface area contributed by atoms with Crippen LogP contribution in [-0.2, 0) is 4.74 Å². The number of alkyl halides is 1. The van der Waals surface area contributed by atoms with Gasteiger partial charge in [0.1, 0.15) is 17.1 Å². The molecule has 0 aliphatic carbocycles. The maximum atomic E-state index is 12.2. The lowest BCUT2D eigenvalue weighted by Crippen LogP contribution is -2.46. The molecule has 2 rings (SSSR count). The van der Waals surface area contributed by atoms with Gasteiger partial charge in [-0.05, 0) is 12.1 Å². The Morgan fingerprint density at radius 3 is 2.72 bits per heavy atom. The van der Waals surface area contributed by atoms with E-state index in [1.54, 1.807) is 4.90 Å². The molecule has 1 aromatic carbocycles. The smallest absolute Gasteiger partial charge is 0.261 e. The summed E-state index contributed by atoms with van der Waals surface area (Å²) in [5, 5.41) is 20.0. The van der Waals surface area contributed by atoms with E-state index >= 15 is 0 Å². The van der Waals surface area contributed by atoms with Crippen LogP contribution in [0.15, 0.2) is 18.2 Å². The number of rotatable bonds is 2. The van der Waals surface area contributed by atoms with E-state index in [1.807, 2.05) is 0 Å². The molecular weight excluding hydrogens is 302 g/mol. The zero-order valence-electron chi connectivity index (χ0n) is 9.67. The summed E-state index contributed by atoms with van der Waals surface area (Å²) in [4.78, 5) is 13.8. The van der Waals surface area contributed by atoms with Crippen molar-refractivity contribution in [2.75, 3.05) is 25.0 Å². The first kappa shape index (κ1) is 13.2. The normalized spacial score (nSPS) is 19.8. The summed E-state index contributed by atoms with van der Waals surface area (Å²) in [6.07, 6.45) is -0.0595.